The van der Waals surface area contributed by atoms with Crippen LogP contribution in [0.3, 0.4) is 0 Å². The van der Waals surface area contributed by atoms with Crippen molar-refractivity contribution in [3.05, 3.63) is 42.0 Å². The molecule has 0 atom stereocenters. The SMILES string of the molecule is COc1cc(OC)c(OC)cc1CNC(=O)CN(C)CC(=O)Nc1ccc(N2CCOCC2)cc1. The van der Waals surface area contributed by atoms with Crippen molar-refractivity contribution in [1.29, 1.82) is 0 Å². The standard InChI is InChI=1S/C25H34N4O6/c1-28(16-24(30)26-15-18-13-22(33-3)23(34-4)14-21(18)32-2)17-25(31)27-19-5-7-20(8-6-19)29-9-11-35-12-10-29/h5-8,13-14H,9-12,15-17H2,1-4H3,(H,26,30)(H,27,31). The largest absolute Gasteiger partial charge is 0.496 e. The molecule has 0 saturated carbocycles. The number of carbonyl (C=O) groups is 2. The topological polar surface area (TPSA) is 102 Å². The third-order valence-electron chi connectivity index (χ3n) is 5.62. The number of hydrogen-bond donors (Lipinski definition) is 2. The van der Waals surface area contributed by atoms with Crippen LogP contribution in [-0.4, -0.2) is 84.5 Å². The van der Waals surface area contributed by atoms with Gasteiger partial charge >= 0.3 is 0 Å². The maximum Gasteiger partial charge on any atom is 0.238 e. The van der Waals surface area contributed by atoms with Crippen LogP contribution in [0.15, 0.2) is 36.4 Å². The molecule has 2 N–H and O–H groups in total. The first-order valence-corrected chi connectivity index (χ1v) is 11.4. The van der Waals surface area contributed by atoms with Crippen molar-refractivity contribution < 1.29 is 28.5 Å². The van der Waals surface area contributed by atoms with E-state index in [-0.39, 0.29) is 31.4 Å². The molecule has 1 aliphatic rings. The van der Waals surface area contributed by atoms with Gasteiger partial charge in [-0.05, 0) is 37.4 Å². The molecule has 0 bridgehead atoms. The lowest BCUT2D eigenvalue weighted by Gasteiger charge is -2.28. The van der Waals surface area contributed by atoms with Gasteiger partial charge in [0, 0.05) is 42.6 Å². The number of carbonyl (C=O) groups excluding carboxylic acids is 2. The highest BCUT2D eigenvalue weighted by Crippen LogP contribution is 2.34. The van der Waals surface area contributed by atoms with E-state index >= 15 is 0 Å². The smallest absolute Gasteiger partial charge is 0.238 e. The van der Waals surface area contributed by atoms with E-state index in [4.69, 9.17) is 18.9 Å². The van der Waals surface area contributed by atoms with Crippen molar-refractivity contribution >= 4 is 23.2 Å². The Morgan fingerprint density at radius 2 is 1.51 bits per heavy atom. The summed E-state index contributed by atoms with van der Waals surface area (Å²) in [5.41, 5.74) is 2.57. The molecular weight excluding hydrogens is 452 g/mol. The Bertz CT molecular complexity index is 992. The Balaban J connectivity index is 1.45. The van der Waals surface area contributed by atoms with E-state index < -0.39 is 0 Å². The van der Waals surface area contributed by atoms with Gasteiger partial charge in [-0.2, -0.15) is 0 Å². The van der Waals surface area contributed by atoms with Crippen molar-refractivity contribution in [3.8, 4) is 17.2 Å². The highest BCUT2D eigenvalue weighted by molar-refractivity contribution is 5.92. The van der Waals surface area contributed by atoms with E-state index in [9.17, 15) is 9.59 Å². The summed E-state index contributed by atoms with van der Waals surface area (Å²) in [4.78, 5) is 28.8. The van der Waals surface area contributed by atoms with Crippen molar-refractivity contribution in [2.24, 2.45) is 0 Å². The van der Waals surface area contributed by atoms with Crippen LogP contribution < -0.4 is 29.7 Å². The van der Waals surface area contributed by atoms with Gasteiger partial charge in [-0.25, -0.2) is 0 Å². The fraction of sp³-hybridized carbons (Fsp3) is 0.440. The van der Waals surface area contributed by atoms with Crippen LogP contribution in [0.25, 0.3) is 0 Å². The number of nitrogens with one attached hydrogen (secondary N) is 2. The number of ether oxygens (including phenoxy) is 4. The number of methoxy groups -OCH3 is 3. The summed E-state index contributed by atoms with van der Waals surface area (Å²) in [5.74, 6) is 1.26. The zero-order valence-corrected chi connectivity index (χ0v) is 20.8. The van der Waals surface area contributed by atoms with Crippen molar-refractivity contribution in [2.45, 2.75) is 6.54 Å². The Hall–Kier alpha value is -3.50. The van der Waals surface area contributed by atoms with Gasteiger partial charge in [-0.1, -0.05) is 0 Å². The molecule has 0 aromatic heterocycles. The molecule has 10 heteroatoms. The minimum atomic E-state index is -0.216. The zero-order valence-electron chi connectivity index (χ0n) is 20.8. The van der Waals surface area contributed by atoms with Gasteiger partial charge in [-0.3, -0.25) is 14.5 Å². The quantitative estimate of drug-likeness (QED) is 0.495. The molecule has 1 aliphatic heterocycles. The van der Waals surface area contributed by atoms with Gasteiger partial charge in [0.1, 0.15) is 5.75 Å². The number of hydrogen-bond acceptors (Lipinski definition) is 8. The Kier molecular flexibility index (Phi) is 9.56. The van der Waals surface area contributed by atoms with Crippen LogP contribution >= 0.6 is 0 Å². The van der Waals surface area contributed by atoms with E-state index in [0.29, 0.717) is 22.9 Å². The number of benzene rings is 2. The average molecular weight is 487 g/mol. The zero-order chi connectivity index (χ0) is 25.2. The van der Waals surface area contributed by atoms with Crippen LogP contribution in [0.4, 0.5) is 11.4 Å². The third-order valence-corrected chi connectivity index (χ3v) is 5.62. The van der Waals surface area contributed by atoms with Crippen molar-refractivity contribution in [1.82, 2.24) is 10.2 Å². The lowest BCUT2D eigenvalue weighted by molar-refractivity contribution is -0.123. The molecule has 2 amide bonds. The summed E-state index contributed by atoms with van der Waals surface area (Å²) < 4.78 is 21.4. The molecule has 1 heterocycles. The molecule has 35 heavy (non-hydrogen) atoms. The summed E-state index contributed by atoms with van der Waals surface area (Å²) in [6.07, 6.45) is 0. The number of amides is 2. The second-order valence-corrected chi connectivity index (χ2v) is 8.16. The Morgan fingerprint density at radius 1 is 0.914 bits per heavy atom. The molecule has 0 spiro atoms. The van der Waals surface area contributed by atoms with Crippen molar-refractivity contribution in [2.75, 3.05) is 78.0 Å². The first-order valence-electron chi connectivity index (χ1n) is 11.4. The number of nitrogens with zero attached hydrogens (tertiary/aromatic N) is 2. The van der Waals surface area contributed by atoms with Gasteiger partial charge in [0.25, 0.3) is 0 Å². The molecule has 2 aromatic rings. The van der Waals surface area contributed by atoms with E-state index in [0.717, 1.165) is 37.6 Å². The van der Waals surface area contributed by atoms with E-state index in [2.05, 4.69) is 15.5 Å². The molecule has 1 fully saturated rings. The monoisotopic (exact) mass is 486 g/mol. The number of likely N-dealkylation sites (N-methyl/N-ethyl adjacent to an activating group) is 1. The first kappa shape index (κ1) is 26.1. The second kappa shape index (κ2) is 12.8. The molecule has 0 radical (unpaired) electrons. The molecule has 3 rings (SSSR count). The van der Waals surface area contributed by atoms with Crippen LogP contribution in [0.2, 0.25) is 0 Å². The first-order chi connectivity index (χ1) is 16.9. The van der Waals surface area contributed by atoms with Gasteiger partial charge in [0.2, 0.25) is 11.8 Å². The van der Waals surface area contributed by atoms with Gasteiger partial charge in [0.05, 0.1) is 47.6 Å². The molecule has 190 valence electrons. The molecular formula is C25H34N4O6. The minimum absolute atomic E-state index is 0.0684. The van der Waals surface area contributed by atoms with Crippen LogP contribution in [0.5, 0.6) is 17.2 Å². The predicted molar refractivity (Wildman–Crippen MR) is 134 cm³/mol. The number of anilines is 2. The third kappa shape index (κ3) is 7.49. The predicted octanol–water partition coefficient (Wildman–Crippen LogP) is 1.74. The maximum absolute atomic E-state index is 12.4. The fourth-order valence-electron chi connectivity index (χ4n) is 3.80. The Morgan fingerprint density at radius 3 is 2.14 bits per heavy atom. The minimum Gasteiger partial charge on any atom is -0.496 e. The summed E-state index contributed by atoms with van der Waals surface area (Å²) in [5, 5.41) is 5.73. The van der Waals surface area contributed by atoms with Crippen LogP contribution in [-0.2, 0) is 20.9 Å². The average Bonchev–Trinajstić information content (AvgIpc) is 2.87. The normalized spacial score (nSPS) is 13.3. The van der Waals surface area contributed by atoms with Crippen LogP contribution in [0, 0.1) is 0 Å². The van der Waals surface area contributed by atoms with E-state index in [1.54, 1.807) is 45.4 Å². The summed E-state index contributed by atoms with van der Waals surface area (Å²) in [6.45, 7) is 3.56. The molecule has 2 aromatic carbocycles. The van der Waals surface area contributed by atoms with Gasteiger partial charge < -0.3 is 34.5 Å². The number of rotatable bonds is 11. The van der Waals surface area contributed by atoms with Crippen LogP contribution in [0.1, 0.15) is 5.56 Å². The van der Waals surface area contributed by atoms with Gasteiger partial charge in [0.15, 0.2) is 11.5 Å². The lowest BCUT2D eigenvalue weighted by Crippen LogP contribution is -2.38. The van der Waals surface area contributed by atoms with Gasteiger partial charge in [-0.15, -0.1) is 0 Å². The second-order valence-electron chi connectivity index (χ2n) is 8.16. The molecule has 0 aliphatic carbocycles. The summed E-state index contributed by atoms with van der Waals surface area (Å²) in [6, 6.07) is 11.2. The Labute approximate surface area is 206 Å². The fourth-order valence-corrected chi connectivity index (χ4v) is 3.80. The molecule has 1 saturated heterocycles. The highest BCUT2D eigenvalue weighted by atomic mass is 16.5. The van der Waals surface area contributed by atoms with E-state index in [1.165, 1.54) is 0 Å². The molecule has 0 unspecified atom stereocenters. The number of morpholine rings is 1. The van der Waals surface area contributed by atoms with E-state index in [1.807, 2.05) is 24.3 Å². The maximum atomic E-state index is 12.4. The lowest BCUT2D eigenvalue weighted by atomic mass is 10.1. The highest BCUT2D eigenvalue weighted by Gasteiger charge is 2.15. The summed E-state index contributed by atoms with van der Waals surface area (Å²) >= 11 is 0. The summed E-state index contributed by atoms with van der Waals surface area (Å²) in [7, 11) is 6.36. The van der Waals surface area contributed by atoms with Crippen molar-refractivity contribution in [3.63, 3.8) is 0 Å². The molecule has 10 nitrogen and oxygen atoms in total.